The average Bonchev–Trinajstić information content (AvgIpc) is 3.23. The molecule has 9 heteroatoms. The number of carbonyl (C=O) groups is 1. The molecule has 0 aliphatic carbocycles. The third-order valence-electron chi connectivity index (χ3n) is 4.37. The number of nitrogens with one attached hydrogen (secondary N) is 1. The van der Waals surface area contributed by atoms with Gasteiger partial charge in [-0.3, -0.25) is 14.3 Å². The van der Waals surface area contributed by atoms with Crippen LogP contribution in [0.1, 0.15) is 0 Å². The zero-order valence-corrected chi connectivity index (χ0v) is 18.1. The monoisotopic (exact) mass is 451 g/mol. The Labute approximate surface area is 188 Å². The van der Waals surface area contributed by atoms with Crippen LogP contribution in [0.3, 0.4) is 0 Å². The van der Waals surface area contributed by atoms with Crippen LogP contribution in [0.5, 0.6) is 5.75 Å². The SMILES string of the molecule is COc1ccccc1NC(=O)CSc1nnc(-c2ccncc2)n1-c1ccc(Cl)cc1. The van der Waals surface area contributed by atoms with Gasteiger partial charge in [-0.25, -0.2) is 0 Å². The zero-order valence-electron chi connectivity index (χ0n) is 16.5. The van der Waals surface area contributed by atoms with Gasteiger partial charge in [0.1, 0.15) is 5.75 Å². The second-order valence-corrected chi connectivity index (χ2v) is 7.77. The highest BCUT2D eigenvalue weighted by Crippen LogP contribution is 2.29. The standard InChI is InChI=1S/C22H18ClN5O2S/c1-30-19-5-3-2-4-18(19)25-20(29)14-31-22-27-26-21(15-10-12-24-13-11-15)28(22)17-8-6-16(23)7-9-17/h2-13H,14H2,1H3,(H,25,29). The van der Waals surface area contributed by atoms with Crippen LogP contribution in [0, 0.1) is 0 Å². The quantitative estimate of drug-likeness (QED) is 0.409. The summed E-state index contributed by atoms with van der Waals surface area (Å²) >= 11 is 7.35. The molecule has 0 radical (unpaired) electrons. The maximum absolute atomic E-state index is 12.6. The summed E-state index contributed by atoms with van der Waals surface area (Å²) < 4.78 is 7.18. The molecule has 1 N–H and O–H groups in total. The number of para-hydroxylation sites is 2. The number of hydrogen-bond acceptors (Lipinski definition) is 6. The largest absolute Gasteiger partial charge is 0.495 e. The van der Waals surface area contributed by atoms with Crippen molar-refractivity contribution in [3.63, 3.8) is 0 Å². The van der Waals surface area contributed by atoms with E-state index in [1.807, 2.05) is 41.0 Å². The van der Waals surface area contributed by atoms with E-state index in [0.29, 0.717) is 27.4 Å². The number of ether oxygens (including phenoxy) is 1. The molecule has 4 rings (SSSR count). The van der Waals surface area contributed by atoms with Crippen molar-refractivity contribution in [3.8, 4) is 22.8 Å². The van der Waals surface area contributed by atoms with E-state index in [-0.39, 0.29) is 11.7 Å². The molecular formula is C22H18ClN5O2S. The van der Waals surface area contributed by atoms with Gasteiger partial charge >= 0.3 is 0 Å². The van der Waals surface area contributed by atoms with Crippen LogP contribution >= 0.6 is 23.4 Å². The number of nitrogens with zero attached hydrogens (tertiary/aromatic N) is 4. The predicted octanol–water partition coefficient (Wildman–Crippen LogP) is 4.72. The minimum Gasteiger partial charge on any atom is -0.495 e. The molecule has 0 saturated heterocycles. The van der Waals surface area contributed by atoms with Crippen LogP contribution in [0.15, 0.2) is 78.2 Å². The number of benzene rings is 2. The average molecular weight is 452 g/mol. The molecule has 0 spiro atoms. The Morgan fingerprint density at radius 3 is 2.55 bits per heavy atom. The molecule has 31 heavy (non-hydrogen) atoms. The number of methoxy groups -OCH3 is 1. The van der Waals surface area contributed by atoms with Gasteiger partial charge in [-0.1, -0.05) is 35.5 Å². The summed E-state index contributed by atoms with van der Waals surface area (Å²) in [5.41, 5.74) is 2.32. The minimum atomic E-state index is -0.175. The molecule has 0 saturated carbocycles. The number of halogens is 1. The van der Waals surface area contributed by atoms with Crippen LogP contribution in [0.4, 0.5) is 5.69 Å². The van der Waals surface area contributed by atoms with E-state index in [2.05, 4.69) is 20.5 Å². The van der Waals surface area contributed by atoms with E-state index in [9.17, 15) is 4.79 Å². The first-order chi connectivity index (χ1) is 15.2. The zero-order chi connectivity index (χ0) is 21.6. The lowest BCUT2D eigenvalue weighted by Gasteiger charge is -2.11. The van der Waals surface area contributed by atoms with Crippen molar-refractivity contribution in [3.05, 3.63) is 78.1 Å². The Hall–Kier alpha value is -3.36. The van der Waals surface area contributed by atoms with Crippen molar-refractivity contribution < 1.29 is 9.53 Å². The van der Waals surface area contributed by atoms with E-state index < -0.39 is 0 Å². The van der Waals surface area contributed by atoms with Gasteiger partial charge in [-0.15, -0.1) is 10.2 Å². The van der Waals surface area contributed by atoms with Gasteiger partial charge in [0.05, 0.1) is 18.6 Å². The summed E-state index contributed by atoms with van der Waals surface area (Å²) in [4.78, 5) is 16.6. The molecular weight excluding hydrogens is 434 g/mol. The molecule has 0 aliphatic rings. The van der Waals surface area contributed by atoms with E-state index in [0.717, 1.165) is 11.3 Å². The number of anilines is 1. The molecule has 0 fully saturated rings. The van der Waals surface area contributed by atoms with E-state index in [1.54, 1.807) is 43.8 Å². The third kappa shape index (κ3) is 4.87. The Kier molecular flexibility index (Phi) is 6.49. The molecule has 2 heterocycles. The molecule has 156 valence electrons. The Morgan fingerprint density at radius 1 is 1.06 bits per heavy atom. The molecule has 2 aromatic heterocycles. The van der Waals surface area contributed by atoms with Gasteiger partial charge in [-0.05, 0) is 48.5 Å². The molecule has 0 unspecified atom stereocenters. The van der Waals surface area contributed by atoms with Crippen molar-refractivity contribution >= 4 is 35.0 Å². The van der Waals surface area contributed by atoms with Gasteiger partial charge in [0.25, 0.3) is 0 Å². The lowest BCUT2D eigenvalue weighted by molar-refractivity contribution is -0.113. The first-order valence-corrected chi connectivity index (χ1v) is 10.7. The maximum Gasteiger partial charge on any atom is 0.234 e. The predicted molar refractivity (Wildman–Crippen MR) is 122 cm³/mol. The lowest BCUT2D eigenvalue weighted by atomic mass is 10.2. The molecule has 2 aromatic carbocycles. The highest BCUT2D eigenvalue weighted by Gasteiger charge is 2.18. The highest BCUT2D eigenvalue weighted by molar-refractivity contribution is 7.99. The van der Waals surface area contributed by atoms with E-state index >= 15 is 0 Å². The maximum atomic E-state index is 12.6. The molecule has 0 bridgehead atoms. The highest BCUT2D eigenvalue weighted by atomic mass is 35.5. The third-order valence-corrected chi connectivity index (χ3v) is 5.55. The van der Waals surface area contributed by atoms with Gasteiger partial charge in [0.15, 0.2) is 11.0 Å². The van der Waals surface area contributed by atoms with Crippen LogP contribution in [-0.4, -0.2) is 38.5 Å². The molecule has 7 nitrogen and oxygen atoms in total. The summed E-state index contributed by atoms with van der Waals surface area (Å²) in [6.45, 7) is 0. The lowest BCUT2D eigenvalue weighted by Crippen LogP contribution is -2.15. The van der Waals surface area contributed by atoms with Crippen molar-refractivity contribution in [2.75, 3.05) is 18.2 Å². The number of hydrogen-bond donors (Lipinski definition) is 1. The van der Waals surface area contributed by atoms with E-state index in [4.69, 9.17) is 16.3 Å². The van der Waals surface area contributed by atoms with E-state index in [1.165, 1.54) is 11.8 Å². The summed E-state index contributed by atoms with van der Waals surface area (Å²) in [6, 6.07) is 18.4. The van der Waals surface area contributed by atoms with Gasteiger partial charge in [0, 0.05) is 28.7 Å². The minimum absolute atomic E-state index is 0.153. The Bertz CT molecular complexity index is 1180. The second-order valence-electron chi connectivity index (χ2n) is 6.39. The van der Waals surface area contributed by atoms with Crippen molar-refractivity contribution in [2.45, 2.75) is 5.16 Å². The first kappa shape index (κ1) is 20.9. The fraction of sp³-hybridized carbons (Fsp3) is 0.0909. The molecule has 0 atom stereocenters. The first-order valence-electron chi connectivity index (χ1n) is 9.33. The van der Waals surface area contributed by atoms with Crippen molar-refractivity contribution in [1.82, 2.24) is 19.7 Å². The van der Waals surface area contributed by atoms with Crippen LogP contribution < -0.4 is 10.1 Å². The smallest absolute Gasteiger partial charge is 0.234 e. The van der Waals surface area contributed by atoms with Crippen LogP contribution in [0.2, 0.25) is 5.02 Å². The summed E-state index contributed by atoms with van der Waals surface area (Å²) in [7, 11) is 1.56. The summed E-state index contributed by atoms with van der Waals surface area (Å²) in [5.74, 6) is 1.23. The topological polar surface area (TPSA) is 81.9 Å². The number of thioether (sulfide) groups is 1. The van der Waals surface area contributed by atoms with Crippen LogP contribution in [0.25, 0.3) is 17.1 Å². The normalized spacial score (nSPS) is 10.6. The van der Waals surface area contributed by atoms with Crippen molar-refractivity contribution in [1.29, 1.82) is 0 Å². The van der Waals surface area contributed by atoms with Gasteiger partial charge in [-0.2, -0.15) is 0 Å². The summed E-state index contributed by atoms with van der Waals surface area (Å²) in [6.07, 6.45) is 3.40. The number of amides is 1. The number of rotatable bonds is 7. The summed E-state index contributed by atoms with van der Waals surface area (Å²) in [5, 5.41) is 12.8. The van der Waals surface area contributed by atoms with Crippen LogP contribution in [-0.2, 0) is 4.79 Å². The van der Waals surface area contributed by atoms with Gasteiger partial charge in [0.2, 0.25) is 5.91 Å². The second kappa shape index (κ2) is 9.63. The molecule has 0 aliphatic heterocycles. The Balaban J connectivity index is 1.59. The molecule has 4 aromatic rings. The van der Waals surface area contributed by atoms with Gasteiger partial charge < -0.3 is 10.1 Å². The number of carbonyl (C=O) groups excluding carboxylic acids is 1. The number of pyridine rings is 1. The Morgan fingerprint density at radius 2 is 1.81 bits per heavy atom. The number of aromatic nitrogens is 4. The van der Waals surface area contributed by atoms with Crippen molar-refractivity contribution in [2.24, 2.45) is 0 Å². The fourth-order valence-electron chi connectivity index (χ4n) is 2.94. The fourth-order valence-corrected chi connectivity index (χ4v) is 3.82. The molecule has 1 amide bonds.